The summed E-state index contributed by atoms with van der Waals surface area (Å²) >= 11 is 0. The molecule has 0 aliphatic heterocycles. The molecule has 0 saturated carbocycles. The summed E-state index contributed by atoms with van der Waals surface area (Å²) in [5.74, 6) is 0.797. The molecule has 0 radical (unpaired) electrons. The van der Waals surface area contributed by atoms with Gasteiger partial charge in [0, 0.05) is 19.4 Å². The van der Waals surface area contributed by atoms with E-state index in [1.807, 2.05) is 95.7 Å². The van der Waals surface area contributed by atoms with Gasteiger partial charge in [0.1, 0.15) is 11.4 Å². The Balaban J connectivity index is 1.50. The lowest BCUT2D eigenvalue weighted by atomic mass is 9.77. The second-order valence-corrected chi connectivity index (χ2v) is 10.3. The van der Waals surface area contributed by atoms with Gasteiger partial charge in [0.25, 0.3) is 0 Å². The van der Waals surface area contributed by atoms with E-state index >= 15 is 0 Å². The quantitative estimate of drug-likeness (QED) is 0.173. The van der Waals surface area contributed by atoms with Gasteiger partial charge in [-0.1, -0.05) is 121 Å². The largest absolute Gasteiger partial charge is 0.479 e. The van der Waals surface area contributed by atoms with Crippen LogP contribution in [0.2, 0.25) is 0 Å². The molecule has 0 aliphatic carbocycles. The fourth-order valence-corrected chi connectivity index (χ4v) is 5.75. The van der Waals surface area contributed by atoms with E-state index in [1.165, 1.54) is 0 Å². The van der Waals surface area contributed by atoms with Crippen molar-refractivity contribution in [2.75, 3.05) is 26.1 Å². The Labute approximate surface area is 256 Å². The molecule has 1 atom stereocenters. The highest BCUT2D eigenvalue weighted by molar-refractivity contribution is 5.92. The Bertz CT molecular complexity index is 1730. The lowest BCUT2D eigenvalue weighted by molar-refractivity contribution is 0.168. The molecule has 2 heterocycles. The van der Waals surface area contributed by atoms with E-state index in [0.29, 0.717) is 23.7 Å². The maximum atomic E-state index is 13.2. The van der Waals surface area contributed by atoms with Gasteiger partial charge in [0.05, 0.1) is 30.7 Å². The van der Waals surface area contributed by atoms with Crippen LogP contribution >= 0.6 is 0 Å². The molecule has 6 aromatic rings. The first-order chi connectivity index (χ1) is 21.6. The van der Waals surface area contributed by atoms with E-state index < -0.39 is 11.6 Å². The van der Waals surface area contributed by atoms with E-state index in [1.54, 1.807) is 20.4 Å². The number of nitrogens with zero attached hydrogens (tertiary/aromatic N) is 3. The first-order valence-electron chi connectivity index (χ1n) is 14.4. The van der Waals surface area contributed by atoms with Crippen molar-refractivity contribution >= 4 is 22.8 Å². The molecule has 4 aromatic carbocycles. The Morgan fingerprint density at radius 3 is 1.82 bits per heavy atom. The fourth-order valence-electron chi connectivity index (χ4n) is 5.75. The van der Waals surface area contributed by atoms with Gasteiger partial charge in [-0.2, -0.15) is 0 Å². The van der Waals surface area contributed by atoms with Crippen molar-refractivity contribution in [1.29, 1.82) is 0 Å². The van der Waals surface area contributed by atoms with Gasteiger partial charge in [-0.3, -0.25) is 5.32 Å². The number of benzene rings is 4. The molecule has 1 unspecified atom stereocenters. The van der Waals surface area contributed by atoms with Crippen molar-refractivity contribution in [2.45, 2.75) is 11.6 Å². The lowest BCUT2D eigenvalue weighted by Gasteiger charge is -2.36. The van der Waals surface area contributed by atoms with E-state index in [0.717, 1.165) is 27.8 Å². The summed E-state index contributed by atoms with van der Waals surface area (Å²) in [6.07, 6.45) is 1.68. The van der Waals surface area contributed by atoms with Crippen LogP contribution in [0.5, 0.6) is 5.88 Å². The van der Waals surface area contributed by atoms with Crippen LogP contribution in [0.25, 0.3) is 10.9 Å². The number of rotatable bonds is 10. The average Bonchev–Trinajstić information content (AvgIpc) is 3.45. The van der Waals surface area contributed by atoms with Crippen LogP contribution in [0.3, 0.4) is 0 Å². The number of fused-ring (bicyclic) bond motifs is 1. The van der Waals surface area contributed by atoms with Crippen LogP contribution in [-0.4, -0.2) is 41.6 Å². The predicted molar refractivity (Wildman–Crippen MR) is 172 cm³/mol. The molecule has 2 aromatic heterocycles. The molecule has 8 heteroatoms. The Kier molecular flexibility index (Phi) is 8.34. The number of amides is 2. The molecule has 0 spiro atoms. The Hall–Kier alpha value is -5.47. The molecule has 220 valence electrons. The second-order valence-electron chi connectivity index (χ2n) is 10.3. The van der Waals surface area contributed by atoms with Crippen molar-refractivity contribution in [1.82, 2.24) is 20.1 Å². The highest BCUT2D eigenvalue weighted by Gasteiger charge is 2.41. The zero-order chi connectivity index (χ0) is 30.4. The molecule has 0 fully saturated rings. The number of hydrogen-bond donors (Lipinski definition) is 2. The minimum absolute atomic E-state index is 0.321. The number of nitrogens with one attached hydrogen (secondary N) is 2. The SMILES string of the molecule is COCC(NC(=O)Nc1cc2c(cn1)c(OC)nn2C(c1ccccc1)(c1ccccc1)c1ccccc1)c1ccccc1. The second kappa shape index (κ2) is 12.8. The number of hydrogen-bond acceptors (Lipinski definition) is 5. The summed E-state index contributed by atoms with van der Waals surface area (Å²) in [6.45, 7) is 0.321. The third kappa shape index (κ3) is 5.39. The minimum atomic E-state index is -0.878. The molecule has 2 N–H and O–H groups in total. The number of carbonyl (C=O) groups excluding carboxylic acids is 1. The van der Waals surface area contributed by atoms with E-state index in [2.05, 4.69) is 52.0 Å². The van der Waals surface area contributed by atoms with Gasteiger partial charge in [-0.05, 0) is 22.3 Å². The normalized spacial score (nSPS) is 12.0. The van der Waals surface area contributed by atoms with Gasteiger partial charge >= 0.3 is 6.03 Å². The van der Waals surface area contributed by atoms with Crippen molar-refractivity contribution in [3.8, 4) is 5.88 Å². The summed E-state index contributed by atoms with van der Waals surface area (Å²) in [7, 11) is 3.21. The van der Waals surface area contributed by atoms with Crippen LogP contribution in [0, 0.1) is 0 Å². The number of methoxy groups -OCH3 is 2. The number of anilines is 1. The molecule has 8 nitrogen and oxygen atoms in total. The van der Waals surface area contributed by atoms with Gasteiger partial charge in [0.2, 0.25) is 5.88 Å². The van der Waals surface area contributed by atoms with Crippen molar-refractivity contribution in [3.63, 3.8) is 0 Å². The number of aromatic nitrogens is 3. The molecular weight excluding hydrogens is 550 g/mol. The van der Waals surface area contributed by atoms with Gasteiger partial charge in [-0.25, -0.2) is 14.5 Å². The van der Waals surface area contributed by atoms with Crippen molar-refractivity contribution in [2.24, 2.45) is 0 Å². The number of carbonyl (C=O) groups is 1. The van der Waals surface area contributed by atoms with Gasteiger partial charge < -0.3 is 14.8 Å². The summed E-state index contributed by atoms with van der Waals surface area (Å²) in [4.78, 5) is 17.8. The smallest absolute Gasteiger partial charge is 0.320 e. The summed E-state index contributed by atoms with van der Waals surface area (Å²) < 4.78 is 13.1. The molecule has 0 aliphatic rings. The zero-order valence-electron chi connectivity index (χ0n) is 24.6. The molecule has 0 bridgehead atoms. The van der Waals surface area contributed by atoms with Crippen molar-refractivity contribution in [3.05, 3.63) is 156 Å². The maximum absolute atomic E-state index is 13.2. The third-order valence-electron chi connectivity index (χ3n) is 7.70. The van der Waals surface area contributed by atoms with Crippen LogP contribution in [-0.2, 0) is 10.3 Å². The monoisotopic (exact) mass is 583 g/mol. The van der Waals surface area contributed by atoms with Crippen LogP contribution in [0.4, 0.5) is 10.6 Å². The minimum Gasteiger partial charge on any atom is -0.479 e. The first kappa shape index (κ1) is 28.6. The predicted octanol–water partition coefficient (Wildman–Crippen LogP) is 6.79. The fraction of sp³-hybridized carbons (Fsp3) is 0.139. The van der Waals surface area contributed by atoms with Gasteiger partial charge in [-0.15, -0.1) is 5.10 Å². The summed E-state index contributed by atoms with van der Waals surface area (Å²) in [5, 5.41) is 11.7. The average molecular weight is 584 g/mol. The van der Waals surface area contributed by atoms with Gasteiger partial charge in [0.15, 0.2) is 0 Å². The van der Waals surface area contributed by atoms with E-state index in [-0.39, 0.29) is 6.04 Å². The Morgan fingerprint density at radius 2 is 1.32 bits per heavy atom. The van der Waals surface area contributed by atoms with Crippen molar-refractivity contribution < 1.29 is 14.3 Å². The molecular formula is C36H33N5O3. The third-order valence-corrected chi connectivity index (χ3v) is 7.70. The molecule has 2 amide bonds. The standard InChI is InChI=1S/C36H33N5O3/c1-43-25-31(26-15-7-3-8-16-26)38-35(42)39-33-23-32-30(24-37-33)34(44-2)40-41(32)36(27-17-9-4-10-18-27,28-19-11-5-12-20-28)29-21-13-6-14-22-29/h3-24,31H,25H2,1-2H3,(H2,37,38,39,42). The lowest BCUT2D eigenvalue weighted by Crippen LogP contribution is -2.38. The molecule has 0 saturated heterocycles. The highest BCUT2D eigenvalue weighted by Crippen LogP contribution is 2.43. The van der Waals surface area contributed by atoms with Crippen LogP contribution in [0.1, 0.15) is 28.3 Å². The van der Waals surface area contributed by atoms with Crippen LogP contribution in [0.15, 0.2) is 134 Å². The maximum Gasteiger partial charge on any atom is 0.320 e. The number of urea groups is 1. The summed E-state index contributed by atoms with van der Waals surface area (Å²) in [6, 6.07) is 41.6. The highest BCUT2D eigenvalue weighted by atomic mass is 16.5. The Morgan fingerprint density at radius 1 is 0.795 bits per heavy atom. The number of ether oxygens (including phenoxy) is 2. The molecule has 44 heavy (non-hydrogen) atoms. The van der Waals surface area contributed by atoms with E-state index in [4.69, 9.17) is 14.6 Å². The number of pyridine rings is 1. The first-order valence-corrected chi connectivity index (χ1v) is 14.4. The zero-order valence-corrected chi connectivity index (χ0v) is 24.6. The topological polar surface area (TPSA) is 90.3 Å². The van der Waals surface area contributed by atoms with Crippen LogP contribution < -0.4 is 15.4 Å². The molecule has 6 rings (SSSR count). The summed E-state index contributed by atoms with van der Waals surface area (Å²) in [5.41, 5.74) is 3.84. The van der Waals surface area contributed by atoms with E-state index in [9.17, 15) is 4.79 Å².